The van der Waals surface area contributed by atoms with Crippen molar-refractivity contribution in [3.63, 3.8) is 0 Å². The van der Waals surface area contributed by atoms with Gasteiger partial charge in [-0.3, -0.25) is 9.59 Å². The number of hydrogen-bond acceptors (Lipinski definition) is 4. The molecule has 0 radical (unpaired) electrons. The summed E-state index contributed by atoms with van der Waals surface area (Å²) in [4.78, 5) is 29.8. The molecular formula is C27H37N3O3. The highest BCUT2D eigenvalue weighted by Crippen LogP contribution is 2.29. The molecule has 2 amide bonds. The predicted molar refractivity (Wildman–Crippen MR) is 134 cm³/mol. The van der Waals surface area contributed by atoms with Crippen LogP contribution < -0.4 is 10.2 Å². The average molecular weight is 452 g/mol. The zero-order valence-corrected chi connectivity index (χ0v) is 20.3. The topological polar surface area (TPSA) is 61.9 Å². The Morgan fingerprint density at radius 3 is 2.48 bits per heavy atom. The van der Waals surface area contributed by atoms with E-state index in [1.54, 1.807) is 0 Å². The van der Waals surface area contributed by atoms with Gasteiger partial charge in [0.05, 0.1) is 12.0 Å². The minimum absolute atomic E-state index is 0.0269. The van der Waals surface area contributed by atoms with Crippen LogP contribution in [0.15, 0.2) is 48.5 Å². The maximum Gasteiger partial charge on any atom is 0.230 e. The Labute approximate surface area is 197 Å². The Balaban J connectivity index is 1.93. The van der Waals surface area contributed by atoms with Crippen LogP contribution in [0.4, 0.5) is 11.4 Å². The molecule has 0 aliphatic carbocycles. The van der Waals surface area contributed by atoms with Crippen LogP contribution in [0, 0.1) is 0 Å². The van der Waals surface area contributed by atoms with Crippen molar-refractivity contribution in [1.82, 2.24) is 4.90 Å². The Morgan fingerprint density at radius 1 is 1.12 bits per heavy atom. The van der Waals surface area contributed by atoms with Crippen LogP contribution in [0.5, 0.6) is 0 Å². The van der Waals surface area contributed by atoms with Gasteiger partial charge in [0.15, 0.2) is 0 Å². The van der Waals surface area contributed by atoms with Crippen LogP contribution in [0.1, 0.15) is 56.6 Å². The van der Waals surface area contributed by atoms with Gasteiger partial charge < -0.3 is 19.9 Å². The van der Waals surface area contributed by atoms with Gasteiger partial charge in [-0.15, -0.1) is 0 Å². The molecule has 6 nitrogen and oxygen atoms in total. The number of amides is 2. The number of hydrogen-bond donors (Lipinski definition) is 1. The van der Waals surface area contributed by atoms with E-state index in [1.165, 1.54) is 0 Å². The zero-order chi connectivity index (χ0) is 23.8. The van der Waals surface area contributed by atoms with Crippen molar-refractivity contribution in [3.8, 4) is 0 Å². The molecule has 0 unspecified atom stereocenters. The molecule has 2 atom stereocenters. The normalized spacial score (nSPS) is 16.3. The summed E-state index contributed by atoms with van der Waals surface area (Å²) in [6, 6.07) is 15.9. The first kappa shape index (κ1) is 24.8. The van der Waals surface area contributed by atoms with Gasteiger partial charge in [-0.2, -0.15) is 0 Å². The maximum atomic E-state index is 13.8. The molecule has 2 aromatic carbocycles. The molecule has 1 fully saturated rings. The summed E-state index contributed by atoms with van der Waals surface area (Å²) in [5.74, 6) is -0.105. The summed E-state index contributed by atoms with van der Waals surface area (Å²) in [5, 5.41) is 2.95. The quantitative estimate of drug-likeness (QED) is 0.564. The van der Waals surface area contributed by atoms with Crippen LogP contribution >= 0.6 is 0 Å². The lowest BCUT2D eigenvalue weighted by molar-refractivity contribution is -0.135. The van der Waals surface area contributed by atoms with E-state index >= 15 is 0 Å². The largest absolute Gasteiger partial charge is 0.377 e. The van der Waals surface area contributed by atoms with E-state index in [9.17, 15) is 9.59 Å². The Morgan fingerprint density at radius 2 is 1.88 bits per heavy atom. The molecule has 2 aromatic rings. The first-order valence-corrected chi connectivity index (χ1v) is 12.0. The molecule has 0 spiro atoms. The number of carbonyl (C=O) groups excluding carboxylic acids is 2. The number of nitrogens with zero attached hydrogens (tertiary/aromatic N) is 2. The Bertz CT molecular complexity index is 923. The monoisotopic (exact) mass is 451 g/mol. The fourth-order valence-corrected chi connectivity index (χ4v) is 4.41. The van der Waals surface area contributed by atoms with Gasteiger partial charge in [-0.05, 0) is 48.6 Å². The van der Waals surface area contributed by atoms with Crippen LogP contribution in [-0.4, -0.2) is 50.1 Å². The van der Waals surface area contributed by atoms with Crippen molar-refractivity contribution in [2.75, 3.05) is 37.5 Å². The third kappa shape index (κ3) is 6.57. The van der Waals surface area contributed by atoms with Gasteiger partial charge in [-0.25, -0.2) is 0 Å². The van der Waals surface area contributed by atoms with Crippen molar-refractivity contribution >= 4 is 23.2 Å². The van der Waals surface area contributed by atoms with Crippen molar-refractivity contribution in [1.29, 1.82) is 0 Å². The van der Waals surface area contributed by atoms with E-state index in [0.29, 0.717) is 19.5 Å². The highest BCUT2D eigenvalue weighted by molar-refractivity contribution is 5.91. The maximum absolute atomic E-state index is 13.8. The molecule has 1 N–H and O–H groups in total. The third-order valence-corrected chi connectivity index (χ3v) is 6.20. The lowest BCUT2D eigenvalue weighted by Crippen LogP contribution is -2.40. The summed E-state index contributed by atoms with van der Waals surface area (Å²) < 4.78 is 5.90. The predicted octanol–water partition coefficient (Wildman–Crippen LogP) is 4.80. The first-order valence-electron chi connectivity index (χ1n) is 12.0. The van der Waals surface area contributed by atoms with Crippen LogP contribution in [0.3, 0.4) is 0 Å². The number of carbonyl (C=O) groups is 2. The van der Waals surface area contributed by atoms with E-state index in [2.05, 4.69) is 12.2 Å². The average Bonchev–Trinajstić information content (AvgIpc) is 3.33. The van der Waals surface area contributed by atoms with E-state index in [0.717, 1.165) is 48.4 Å². The van der Waals surface area contributed by atoms with Gasteiger partial charge in [0.1, 0.15) is 0 Å². The summed E-state index contributed by atoms with van der Waals surface area (Å²) >= 11 is 0. The zero-order valence-electron chi connectivity index (χ0n) is 20.3. The van der Waals surface area contributed by atoms with Crippen molar-refractivity contribution in [2.24, 2.45) is 0 Å². The second kappa shape index (κ2) is 11.8. The summed E-state index contributed by atoms with van der Waals surface area (Å²) in [6.45, 7) is 5.68. The molecule has 3 rings (SSSR count). The van der Waals surface area contributed by atoms with Gasteiger partial charge in [0, 0.05) is 51.6 Å². The van der Waals surface area contributed by atoms with E-state index in [-0.39, 0.29) is 23.8 Å². The molecule has 1 aliphatic heterocycles. The van der Waals surface area contributed by atoms with E-state index in [1.807, 2.05) is 79.3 Å². The number of ether oxygens (including phenoxy) is 1. The molecule has 0 aromatic heterocycles. The highest BCUT2D eigenvalue weighted by atomic mass is 16.5. The number of nitrogens with one attached hydrogen (secondary N) is 1. The van der Waals surface area contributed by atoms with Gasteiger partial charge in [0.25, 0.3) is 0 Å². The summed E-state index contributed by atoms with van der Waals surface area (Å²) in [7, 11) is 3.99. The minimum Gasteiger partial charge on any atom is -0.377 e. The molecule has 178 valence electrons. The molecule has 1 saturated heterocycles. The Kier molecular flexibility index (Phi) is 8.89. The van der Waals surface area contributed by atoms with E-state index in [4.69, 9.17) is 4.74 Å². The van der Waals surface area contributed by atoms with Crippen LogP contribution in [0.25, 0.3) is 0 Å². The fraction of sp³-hybridized carbons (Fsp3) is 0.481. The molecular weight excluding hydrogens is 414 g/mol. The lowest BCUT2D eigenvalue weighted by atomic mass is 9.94. The third-order valence-electron chi connectivity index (χ3n) is 6.20. The van der Waals surface area contributed by atoms with Crippen LogP contribution in [0.2, 0.25) is 0 Å². The number of rotatable bonds is 10. The number of anilines is 2. The van der Waals surface area contributed by atoms with E-state index < -0.39 is 0 Å². The second-order valence-corrected chi connectivity index (χ2v) is 8.86. The molecule has 6 heteroatoms. The van der Waals surface area contributed by atoms with Gasteiger partial charge >= 0.3 is 0 Å². The highest BCUT2D eigenvalue weighted by Gasteiger charge is 2.29. The Hall–Kier alpha value is -2.86. The van der Waals surface area contributed by atoms with Gasteiger partial charge in [0.2, 0.25) is 11.8 Å². The first-order chi connectivity index (χ1) is 15.9. The van der Waals surface area contributed by atoms with Crippen molar-refractivity contribution in [3.05, 3.63) is 59.7 Å². The van der Waals surface area contributed by atoms with Crippen LogP contribution in [-0.2, 0) is 20.9 Å². The minimum atomic E-state index is -0.196. The lowest BCUT2D eigenvalue weighted by Gasteiger charge is -2.31. The van der Waals surface area contributed by atoms with Gasteiger partial charge in [-0.1, -0.05) is 44.2 Å². The fourth-order valence-electron chi connectivity index (χ4n) is 4.41. The molecule has 0 bridgehead atoms. The smallest absolute Gasteiger partial charge is 0.230 e. The molecule has 0 saturated carbocycles. The standard InChI is InChI=1S/C27H37N3O3/c1-5-24(20-11-8-7-9-12-20)27(32)30(19-23-13-10-16-33-23)18-21-17-22(28-26(31)6-2)14-15-25(21)29(3)4/h7-9,11-12,14-15,17,23-24H,5-6,10,13,16,18-19H2,1-4H3,(H,28,31)/t23-,24+/m1/s1. The molecule has 33 heavy (non-hydrogen) atoms. The van der Waals surface area contributed by atoms with Crippen molar-refractivity contribution in [2.45, 2.75) is 58.1 Å². The molecule has 1 heterocycles. The second-order valence-electron chi connectivity index (χ2n) is 8.86. The summed E-state index contributed by atoms with van der Waals surface area (Å²) in [6.07, 6.45) is 3.22. The SMILES string of the molecule is CCC(=O)Nc1ccc(N(C)C)c(CN(C[C@H]2CCCO2)C(=O)[C@@H](CC)c2ccccc2)c1. The molecule has 1 aliphatic rings. The van der Waals surface area contributed by atoms with Crippen molar-refractivity contribution < 1.29 is 14.3 Å². The summed E-state index contributed by atoms with van der Waals surface area (Å²) in [5.41, 5.74) is 3.83. The number of benzene rings is 2.